The molecule has 1 atom stereocenters. The predicted octanol–water partition coefficient (Wildman–Crippen LogP) is 1.74. The SMILES string of the molecule is CC(C#N)N(C)S(=O)(=O)CC1CCCCC1. The van der Waals surface area contributed by atoms with Crippen LogP contribution in [0, 0.1) is 17.2 Å². The van der Waals surface area contributed by atoms with E-state index >= 15 is 0 Å². The zero-order valence-electron chi connectivity index (χ0n) is 10.0. The first-order valence-corrected chi connectivity index (χ1v) is 7.43. The van der Waals surface area contributed by atoms with Gasteiger partial charge in [0.15, 0.2) is 0 Å². The number of nitrogens with zero attached hydrogens (tertiary/aromatic N) is 2. The molecular weight excluding hydrogens is 224 g/mol. The van der Waals surface area contributed by atoms with Gasteiger partial charge in [-0.2, -0.15) is 9.57 Å². The Hall–Kier alpha value is -0.600. The minimum absolute atomic E-state index is 0.204. The van der Waals surface area contributed by atoms with Gasteiger partial charge in [0.2, 0.25) is 10.0 Å². The minimum atomic E-state index is -3.26. The maximum absolute atomic E-state index is 12.0. The summed E-state index contributed by atoms with van der Waals surface area (Å²) in [6, 6.07) is 1.38. The molecule has 0 heterocycles. The first-order valence-electron chi connectivity index (χ1n) is 5.82. The summed E-state index contributed by atoms with van der Waals surface area (Å²) < 4.78 is 25.1. The molecule has 0 bridgehead atoms. The van der Waals surface area contributed by atoms with Crippen molar-refractivity contribution in [2.24, 2.45) is 5.92 Å². The summed E-state index contributed by atoms with van der Waals surface area (Å²) in [5, 5.41) is 8.72. The van der Waals surface area contributed by atoms with Gasteiger partial charge in [-0.25, -0.2) is 8.42 Å². The Morgan fingerprint density at radius 1 is 1.38 bits per heavy atom. The van der Waals surface area contributed by atoms with Crippen molar-refractivity contribution in [1.82, 2.24) is 4.31 Å². The van der Waals surface area contributed by atoms with Gasteiger partial charge in [0.1, 0.15) is 6.04 Å². The van der Waals surface area contributed by atoms with Gasteiger partial charge in [0.25, 0.3) is 0 Å². The van der Waals surface area contributed by atoms with Gasteiger partial charge in [-0.15, -0.1) is 0 Å². The average molecular weight is 244 g/mol. The molecule has 0 aromatic heterocycles. The minimum Gasteiger partial charge on any atom is -0.212 e. The summed E-state index contributed by atoms with van der Waals surface area (Å²) in [5.41, 5.74) is 0. The molecule has 5 heteroatoms. The standard InChI is InChI=1S/C11H20N2O2S/c1-10(8-12)13(2)16(14,15)9-11-6-4-3-5-7-11/h10-11H,3-7,9H2,1-2H3. The normalized spacial score (nSPS) is 20.6. The quantitative estimate of drug-likeness (QED) is 0.756. The highest BCUT2D eigenvalue weighted by molar-refractivity contribution is 7.89. The molecule has 1 unspecified atom stereocenters. The molecule has 0 N–H and O–H groups in total. The van der Waals surface area contributed by atoms with Crippen LogP contribution >= 0.6 is 0 Å². The number of hydrogen-bond acceptors (Lipinski definition) is 3. The summed E-state index contributed by atoms with van der Waals surface area (Å²) in [5.74, 6) is 0.488. The number of hydrogen-bond donors (Lipinski definition) is 0. The molecule has 0 saturated heterocycles. The van der Waals surface area contributed by atoms with E-state index in [-0.39, 0.29) is 11.7 Å². The maximum Gasteiger partial charge on any atom is 0.215 e. The molecule has 1 fully saturated rings. The van der Waals surface area contributed by atoms with Crippen LogP contribution in [0.15, 0.2) is 0 Å². The molecule has 1 aliphatic carbocycles. The summed E-state index contributed by atoms with van der Waals surface area (Å²) in [6.07, 6.45) is 5.51. The van der Waals surface area contributed by atoms with Crippen LogP contribution in [0.1, 0.15) is 39.0 Å². The van der Waals surface area contributed by atoms with Crippen molar-refractivity contribution >= 4 is 10.0 Å². The zero-order chi connectivity index (χ0) is 12.2. The largest absolute Gasteiger partial charge is 0.215 e. The van der Waals surface area contributed by atoms with E-state index in [1.807, 2.05) is 6.07 Å². The first-order chi connectivity index (χ1) is 7.47. The van der Waals surface area contributed by atoms with E-state index in [9.17, 15) is 8.42 Å². The van der Waals surface area contributed by atoms with Crippen molar-refractivity contribution in [2.75, 3.05) is 12.8 Å². The van der Waals surface area contributed by atoms with Crippen LogP contribution < -0.4 is 0 Å². The Morgan fingerprint density at radius 3 is 2.44 bits per heavy atom. The highest BCUT2D eigenvalue weighted by atomic mass is 32.2. The van der Waals surface area contributed by atoms with Crippen molar-refractivity contribution in [1.29, 1.82) is 5.26 Å². The third-order valence-electron chi connectivity index (χ3n) is 3.34. The molecule has 0 radical (unpaired) electrons. The van der Waals surface area contributed by atoms with E-state index in [1.165, 1.54) is 17.8 Å². The van der Waals surface area contributed by atoms with Crippen molar-refractivity contribution in [2.45, 2.75) is 45.1 Å². The fourth-order valence-electron chi connectivity index (χ4n) is 2.09. The molecule has 0 spiro atoms. The van der Waals surface area contributed by atoms with E-state index < -0.39 is 16.1 Å². The van der Waals surface area contributed by atoms with Gasteiger partial charge in [-0.1, -0.05) is 19.3 Å². The first kappa shape index (κ1) is 13.5. The Labute approximate surface area is 98.3 Å². The lowest BCUT2D eigenvalue weighted by Crippen LogP contribution is -2.37. The Kier molecular flexibility index (Phi) is 4.75. The lowest BCUT2D eigenvalue weighted by molar-refractivity contribution is 0.371. The van der Waals surface area contributed by atoms with Crippen molar-refractivity contribution in [3.63, 3.8) is 0 Å². The van der Waals surface area contributed by atoms with Gasteiger partial charge >= 0.3 is 0 Å². The second kappa shape index (κ2) is 5.65. The molecule has 1 saturated carbocycles. The van der Waals surface area contributed by atoms with Crippen molar-refractivity contribution in [3.05, 3.63) is 0 Å². The number of nitriles is 1. The number of sulfonamides is 1. The van der Waals surface area contributed by atoms with Crippen LogP contribution in [-0.4, -0.2) is 31.6 Å². The van der Waals surface area contributed by atoms with Crippen LogP contribution in [0.4, 0.5) is 0 Å². The Bertz CT molecular complexity index is 353. The molecule has 1 aliphatic rings. The van der Waals surface area contributed by atoms with E-state index in [2.05, 4.69) is 0 Å². The van der Waals surface area contributed by atoms with E-state index in [0.29, 0.717) is 0 Å². The van der Waals surface area contributed by atoms with Gasteiger partial charge < -0.3 is 0 Å². The van der Waals surface area contributed by atoms with E-state index in [0.717, 1.165) is 25.7 Å². The average Bonchev–Trinajstić information content (AvgIpc) is 2.27. The summed E-state index contributed by atoms with van der Waals surface area (Å²) in [7, 11) is -1.77. The Morgan fingerprint density at radius 2 is 1.94 bits per heavy atom. The van der Waals surface area contributed by atoms with Crippen LogP contribution in [0.5, 0.6) is 0 Å². The predicted molar refractivity (Wildman–Crippen MR) is 63.2 cm³/mol. The second-order valence-electron chi connectivity index (χ2n) is 4.60. The van der Waals surface area contributed by atoms with E-state index in [4.69, 9.17) is 5.26 Å². The third-order valence-corrected chi connectivity index (χ3v) is 5.43. The van der Waals surface area contributed by atoms with Crippen molar-refractivity contribution < 1.29 is 8.42 Å². The molecule has 1 rings (SSSR count). The van der Waals surface area contributed by atoms with E-state index in [1.54, 1.807) is 6.92 Å². The maximum atomic E-state index is 12.0. The third kappa shape index (κ3) is 3.46. The van der Waals surface area contributed by atoms with Gasteiger partial charge in [0.05, 0.1) is 11.8 Å². The second-order valence-corrected chi connectivity index (χ2v) is 6.68. The van der Waals surface area contributed by atoms with Crippen LogP contribution in [0.3, 0.4) is 0 Å². The molecule has 0 aromatic rings. The summed E-state index contributed by atoms with van der Waals surface area (Å²) in [4.78, 5) is 0. The van der Waals surface area contributed by atoms with Crippen LogP contribution in [0.25, 0.3) is 0 Å². The van der Waals surface area contributed by atoms with Crippen LogP contribution in [0.2, 0.25) is 0 Å². The molecule has 16 heavy (non-hydrogen) atoms. The molecule has 0 aliphatic heterocycles. The topological polar surface area (TPSA) is 61.2 Å². The lowest BCUT2D eigenvalue weighted by Gasteiger charge is -2.25. The molecule has 92 valence electrons. The van der Waals surface area contributed by atoms with Gasteiger partial charge in [0, 0.05) is 7.05 Å². The Balaban J connectivity index is 2.60. The summed E-state index contributed by atoms with van der Waals surface area (Å²) in [6.45, 7) is 1.61. The molecular formula is C11H20N2O2S. The molecule has 4 nitrogen and oxygen atoms in total. The highest BCUT2D eigenvalue weighted by Gasteiger charge is 2.27. The van der Waals surface area contributed by atoms with Gasteiger partial charge in [-0.3, -0.25) is 0 Å². The van der Waals surface area contributed by atoms with Gasteiger partial charge in [-0.05, 0) is 25.7 Å². The smallest absolute Gasteiger partial charge is 0.212 e. The van der Waals surface area contributed by atoms with Crippen LogP contribution in [-0.2, 0) is 10.0 Å². The molecule has 0 amide bonds. The monoisotopic (exact) mass is 244 g/mol. The fourth-order valence-corrected chi connectivity index (χ4v) is 3.78. The zero-order valence-corrected chi connectivity index (χ0v) is 10.8. The summed E-state index contributed by atoms with van der Waals surface area (Å²) >= 11 is 0. The molecule has 0 aromatic carbocycles. The lowest BCUT2D eigenvalue weighted by atomic mass is 9.91. The fraction of sp³-hybridized carbons (Fsp3) is 0.909. The number of rotatable bonds is 4. The highest BCUT2D eigenvalue weighted by Crippen LogP contribution is 2.25. The van der Waals surface area contributed by atoms with Crippen molar-refractivity contribution in [3.8, 4) is 6.07 Å².